The first kappa shape index (κ1) is 10.6. The van der Waals surface area contributed by atoms with Gasteiger partial charge in [-0.1, -0.05) is 36.2 Å². The van der Waals surface area contributed by atoms with E-state index in [9.17, 15) is 5.11 Å². The quantitative estimate of drug-likeness (QED) is 0.794. The van der Waals surface area contributed by atoms with Crippen LogP contribution in [0.1, 0.15) is 13.3 Å². The molecule has 0 amide bonds. The van der Waals surface area contributed by atoms with E-state index in [1.807, 2.05) is 6.92 Å². The summed E-state index contributed by atoms with van der Waals surface area (Å²) in [5, 5.41) is 9.95. The Bertz CT molecular complexity index is 289. The van der Waals surface area contributed by atoms with Crippen molar-refractivity contribution < 1.29 is 9.84 Å². The summed E-state index contributed by atoms with van der Waals surface area (Å²) in [6.45, 7) is 1.81. The molecule has 0 saturated heterocycles. The van der Waals surface area contributed by atoms with E-state index in [4.69, 9.17) is 27.9 Å². The van der Waals surface area contributed by atoms with Gasteiger partial charge in [0.15, 0.2) is 6.29 Å². The first-order valence-corrected chi connectivity index (χ1v) is 4.69. The Morgan fingerprint density at radius 3 is 2.77 bits per heavy atom. The van der Waals surface area contributed by atoms with Crippen molar-refractivity contribution in [3.8, 4) is 5.75 Å². The zero-order valence-electron chi connectivity index (χ0n) is 7.13. The smallest absolute Gasteiger partial charge is 0.197 e. The molecule has 72 valence electrons. The molecule has 1 rings (SSSR count). The maximum Gasteiger partial charge on any atom is 0.197 e. The summed E-state index contributed by atoms with van der Waals surface area (Å²) in [7, 11) is 0. The lowest BCUT2D eigenvalue weighted by Gasteiger charge is -2.12. The molecule has 1 aromatic rings. The Morgan fingerprint density at radius 2 is 2.15 bits per heavy atom. The molecule has 2 nitrogen and oxygen atoms in total. The third-order valence-corrected chi connectivity index (χ3v) is 2.33. The zero-order valence-corrected chi connectivity index (χ0v) is 8.64. The van der Waals surface area contributed by atoms with Crippen molar-refractivity contribution in [3.63, 3.8) is 0 Å². The highest BCUT2D eigenvalue weighted by Crippen LogP contribution is 2.31. The van der Waals surface area contributed by atoms with E-state index in [0.29, 0.717) is 22.2 Å². The highest BCUT2D eigenvalue weighted by atomic mass is 35.5. The van der Waals surface area contributed by atoms with Gasteiger partial charge in [-0.3, -0.25) is 0 Å². The molecular formula is C9H10Cl2O2. The van der Waals surface area contributed by atoms with Gasteiger partial charge in [-0.15, -0.1) is 0 Å². The highest BCUT2D eigenvalue weighted by molar-refractivity contribution is 6.42. The molecule has 0 aliphatic carbocycles. The summed E-state index contributed by atoms with van der Waals surface area (Å²) in [4.78, 5) is 0. The lowest BCUT2D eigenvalue weighted by molar-refractivity contribution is -0.0190. The van der Waals surface area contributed by atoms with E-state index < -0.39 is 6.29 Å². The lowest BCUT2D eigenvalue weighted by atomic mass is 10.3. The van der Waals surface area contributed by atoms with Gasteiger partial charge in [-0.25, -0.2) is 0 Å². The molecule has 4 heteroatoms. The number of rotatable bonds is 3. The monoisotopic (exact) mass is 220 g/mol. The molecule has 0 bridgehead atoms. The van der Waals surface area contributed by atoms with Gasteiger partial charge < -0.3 is 9.84 Å². The molecule has 0 radical (unpaired) electrons. The van der Waals surface area contributed by atoms with Crippen molar-refractivity contribution in [2.24, 2.45) is 0 Å². The second kappa shape index (κ2) is 4.70. The molecule has 13 heavy (non-hydrogen) atoms. The van der Waals surface area contributed by atoms with Crippen LogP contribution in [-0.4, -0.2) is 11.4 Å². The fourth-order valence-electron chi connectivity index (χ4n) is 0.805. The number of benzene rings is 1. The van der Waals surface area contributed by atoms with Crippen molar-refractivity contribution in [2.45, 2.75) is 19.6 Å². The van der Waals surface area contributed by atoms with Crippen LogP contribution in [0, 0.1) is 0 Å². The second-order valence-electron chi connectivity index (χ2n) is 2.53. The number of hydrogen-bond donors (Lipinski definition) is 1. The van der Waals surface area contributed by atoms with E-state index in [2.05, 4.69) is 0 Å². The average Bonchev–Trinajstić information content (AvgIpc) is 2.13. The zero-order chi connectivity index (χ0) is 9.84. The molecule has 1 atom stereocenters. The van der Waals surface area contributed by atoms with Crippen LogP contribution in [0.5, 0.6) is 5.75 Å². The van der Waals surface area contributed by atoms with Crippen molar-refractivity contribution in [1.29, 1.82) is 0 Å². The van der Waals surface area contributed by atoms with Crippen LogP contribution in [-0.2, 0) is 0 Å². The minimum absolute atomic E-state index is 0.330. The molecule has 0 aliphatic rings. The largest absolute Gasteiger partial charge is 0.464 e. The van der Waals surface area contributed by atoms with Crippen LogP contribution in [0.25, 0.3) is 0 Å². The fraction of sp³-hybridized carbons (Fsp3) is 0.333. The third kappa shape index (κ3) is 2.76. The van der Waals surface area contributed by atoms with Crippen LogP contribution in [0.15, 0.2) is 18.2 Å². The van der Waals surface area contributed by atoms with E-state index in [1.165, 1.54) is 0 Å². The highest BCUT2D eigenvalue weighted by Gasteiger charge is 2.08. The predicted molar refractivity (Wildman–Crippen MR) is 53.4 cm³/mol. The number of halogens is 2. The summed E-state index contributed by atoms with van der Waals surface area (Å²) in [6, 6.07) is 5.04. The number of hydrogen-bond acceptors (Lipinski definition) is 2. The molecule has 0 saturated carbocycles. The average molecular weight is 221 g/mol. The van der Waals surface area contributed by atoms with E-state index >= 15 is 0 Å². The molecule has 0 aliphatic heterocycles. The minimum atomic E-state index is -0.837. The normalized spacial score (nSPS) is 12.6. The van der Waals surface area contributed by atoms with Crippen LogP contribution in [0.4, 0.5) is 0 Å². The van der Waals surface area contributed by atoms with Gasteiger partial charge in [0.25, 0.3) is 0 Å². The van der Waals surface area contributed by atoms with E-state index in [0.717, 1.165) is 0 Å². The summed E-state index contributed by atoms with van der Waals surface area (Å²) in [6.07, 6.45) is -0.334. The Hall–Kier alpha value is -0.440. The SMILES string of the molecule is CCC(O)Oc1cccc(Cl)c1Cl. The van der Waals surface area contributed by atoms with E-state index in [1.54, 1.807) is 18.2 Å². The van der Waals surface area contributed by atoms with Gasteiger partial charge in [0.2, 0.25) is 0 Å². The Balaban J connectivity index is 2.83. The molecular weight excluding hydrogens is 211 g/mol. The summed E-state index contributed by atoms with van der Waals surface area (Å²) >= 11 is 11.6. The van der Waals surface area contributed by atoms with Gasteiger partial charge in [0.05, 0.1) is 5.02 Å². The second-order valence-corrected chi connectivity index (χ2v) is 3.32. The van der Waals surface area contributed by atoms with Gasteiger partial charge in [-0.2, -0.15) is 0 Å². The van der Waals surface area contributed by atoms with Crippen molar-refractivity contribution in [3.05, 3.63) is 28.2 Å². The topological polar surface area (TPSA) is 29.5 Å². The van der Waals surface area contributed by atoms with Gasteiger partial charge in [-0.05, 0) is 12.1 Å². The van der Waals surface area contributed by atoms with E-state index in [-0.39, 0.29) is 0 Å². The minimum Gasteiger partial charge on any atom is -0.464 e. The standard InChI is InChI=1S/C9H10Cl2O2/c1-2-8(12)13-7-5-3-4-6(10)9(7)11/h3-5,8,12H,2H2,1H3. The van der Waals surface area contributed by atoms with Crippen molar-refractivity contribution >= 4 is 23.2 Å². The van der Waals surface area contributed by atoms with Crippen LogP contribution >= 0.6 is 23.2 Å². The molecule has 1 unspecified atom stereocenters. The Kier molecular flexibility index (Phi) is 3.85. The maximum atomic E-state index is 9.20. The number of aliphatic hydroxyl groups excluding tert-OH is 1. The first-order chi connectivity index (χ1) is 6.15. The van der Waals surface area contributed by atoms with Crippen LogP contribution in [0.3, 0.4) is 0 Å². The van der Waals surface area contributed by atoms with Gasteiger partial charge in [0.1, 0.15) is 10.8 Å². The van der Waals surface area contributed by atoms with Crippen LogP contribution < -0.4 is 4.74 Å². The molecule has 0 spiro atoms. The van der Waals surface area contributed by atoms with Gasteiger partial charge in [0, 0.05) is 6.42 Å². The summed E-state index contributed by atoms with van der Waals surface area (Å²) < 4.78 is 5.11. The molecule has 0 fully saturated rings. The third-order valence-electron chi connectivity index (χ3n) is 1.53. The predicted octanol–water partition coefficient (Wildman–Crippen LogP) is 3.10. The molecule has 0 heterocycles. The lowest BCUT2D eigenvalue weighted by Crippen LogP contribution is -2.13. The van der Waals surface area contributed by atoms with Crippen molar-refractivity contribution in [1.82, 2.24) is 0 Å². The summed E-state index contributed by atoms with van der Waals surface area (Å²) in [5.74, 6) is 0.406. The Labute approximate surface area is 87.0 Å². The van der Waals surface area contributed by atoms with Crippen molar-refractivity contribution in [2.75, 3.05) is 0 Å². The number of ether oxygens (including phenoxy) is 1. The fourth-order valence-corrected chi connectivity index (χ4v) is 1.14. The molecule has 0 aromatic heterocycles. The first-order valence-electron chi connectivity index (χ1n) is 3.94. The summed E-state index contributed by atoms with van der Waals surface area (Å²) in [5.41, 5.74) is 0. The Morgan fingerprint density at radius 1 is 1.46 bits per heavy atom. The van der Waals surface area contributed by atoms with Crippen LogP contribution in [0.2, 0.25) is 10.0 Å². The molecule has 1 N–H and O–H groups in total. The number of aliphatic hydroxyl groups is 1. The maximum absolute atomic E-state index is 9.20. The van der Waals surface area contributed by atoms with Gasteiger partial charge >= 0.3 is 0 Å². The molecule has 1 aromatic carbocycles.